The molecule has 1 aliphatic heterocycles. The van der Waals surface area contributed by atoms with Gasteiger partial charge >= 0.3 is 10.4 Å². The highest BCUT2D eigenvalue weighted by atomic mass is 32.3. The zero-order chi connectivity index (χ0) is 42.9. The van der Waals surface area contributed by atoms with E-state index in [4.69, 9.17) is 14.0 Å². The molecular formula is C44H81NO12S. The Hall–Kier alpha value is -1.72. The summed E-state index contributed by atoms with van der Waals surface area (Å²) in [4.78, 5) is 13.1. The summed E-state index contributed by atoms with van der Waals surface area (Å²) in [6.45, 7) is 3.16. The number of carbonyl (C=O) groups is 1. The van der Waals surface area contributed by atoms with Crippen LogP contribution in [0, 0.1) is 0 Å². The standard InChI is InChI=1S/C44H81NO12S/c1-3-5-7-9-11-13-15-17-18-19-21-23-25-27-29-31-33-38(48)43(51)45-36(37(47)32-30-28-26-24-22-20-16-14-12-10-8-6-4-2)35-55-44-41(50)42(57-58(52,53)54)40(49)39(34-46)56-44/h17-18,22,24,30,32,36-42,44,46-50H,3-16,19-21,23,25-29,31,33-35H2,1-2H3,(H,45,51)(H,52,53,54)/b18-17-,24-22+,32-30+. The lowest BCUT2D eigenvalue weighted by molar-refractivity contribution is -0.298. The summed E-state index contributed by atoms with van der Waals surface area (Å²) in [5, 5.41) is 55.1. The molecule has 340 valence electrons. The first-order valence-electron chi connectivity index (χ1n) is 22.5. The summed E-state index contributed by atoms with van der Waals surface area (Å²) in [5.74, 6) is -0.719. The monoisotopic (exact) mass is 848 g/mol. The average molecular weight is 848 g/mol. The van der Waals surface area contributed by atoms with Gasteiger partial charge in [0.2, 0.25) is 5.91 Å². The molecule has 0 aliphatic carbocycles. The van der Waals surface area contributed by atoms with Gasteiger partial charge in [-0.25, -0.2) is 4.18 Å². The van der Waals surface area contributed by atoms with Crippen molar-refractivity contribution in [2.75, 3.05) is 13.2 Å². The molecule has 8 atom stereocenters. The van der Waals surface area contributed by atoms with Gasteiger partial charge in [-0.3, -0.25) is 9.35 Å². The SMILES string of the molecule is CCCCCCCC/C=C\CCCCCCCCC(O)C(=O)NC(COC1OC(CO)C(O)C(OS(=O)(=O)O)C1O)C(O)/C=C/CC/C=C/CCCCCCCCC. The first-order chi connectivity index (χ1) is 27.9. The Morgan fingerprint density at radius 3 is 1.66 bits per heavy atom. The van der Waals surface area contributed by atoms with E-state index >= 15 is 0 Å². The van der Waals surface area contributed by atoms with Gasteiger partial charge in [-0.2, -0.15) is 8.42 Å². The smallest absolute Gasteiger partial charge is 0.394 e. The minimum Gasteiger partial charge on any atom is -0.394 e. The average Bonchev–Trinajstić information content (AvgIpc) is 3.19. The fourth-order valence-corrected chi connectivity index (χ4v) is 7.39. The summed E-state index contributed by atoms with van der Waals surface area (Å²) >= 11 is 0. The second kappa shape index (κ2) is 34.9. The molecule has 1 amide bonds. The maximum absolute atomic E-state index is 13.1. The molecule has 0 spiro atoms. The van der Waals surface area contributed by atoms with Crippen LogP contribution in [-0.4, -0.2) is 107 Å². The van der Waals surface area contributed by atoms with Crippen LogP contribution >= 0.6 is 0 Å². The maximum Gasteiger partial charge on any atom is 0.397 e. The fourth-order valence-electron chi connectivity index (χ4n) is 6.88. The lowest BCUT2D eigenvalue weighted by atomic mass is 9.99. The number of hydrogen-bond acceptors (Lipinski definition) is 11. The highest BCUT2D eigenvalue weighted by molar-refractivity contribution is 7.80. The Balaban J connectivity index is 2.63. The van der Waals surface area contributed by atoms with Crippen molar-refractivity contribution in [2.45, 2.75) is 223 Å². The molecule has 13 nitrogen and oxygen atoms in total. The molecule has 14 heteroatoms. The first kappa shape index (κ1) is 54.3. The van der Waals surface area contributed by atoms with Crippen LogP contribution in [0.1, 0.15) is 174 Å². The highest BCUT2D eigenvalue weighted by Crippen LogP contribution is 2.26. The van der Waals surface area contributed by atoms with Gasteiger partial charge in [-0.05, 0) is 57.8 Å². The Bertz CT molecular complexity index is 1200. The number of unbranched alkanes of at least 4 members (excludes halogenated alkanes) is 20. The van der Waals surface area contributed by atoms with Gasteiger partial charge < -0.3 is 40.3 Å². The number of rotatable bonds is 37. The van der Waals surface area contributed by atoms with Crippen molar-refractivity contribution in [1.29, 1.82) is 0 Å². The molecule has 0 saturated carbocycles. The van der Waals surface area contributed by atoms with Gasteiger partial charge in [0.15, 0.2) is 6.29 Å². The van der Waals surface area contributed by atoms with Crippen molar-refractivity contribution in [3.05, 3.63) is 36.5 Å². The predicted molar refractivity (Wildman–Crippen MR) is 228 cm³/mol. The molecule has 0 aromatic heterocycles. The Morgan fingerprint density at radius 2 is 1.16 bits per heavy atom. The molecule has 1 heterocycles. The summed E-state index contributed by atoms with van der Waals surface area (Å²) in [6.07, 6.45) is 28.0. The van der Waals surface area contributed by atoms with E-state index in [2.05, 4.69) is 47.7 Å². The molecule has 58 heavy (non-hydrogen) atoms. The number of amides is 1. The number of ether oxygens (including phenoxy) is 2. The largest absolute Gasteiger partial charge is 0.397 e. The van der Waals surface area contributed by atoms with Gasteiger partial charge in [0, 0.05) is 0 Å². The van der Waals surface area contributed by atoms with Crippen LogP contribution in [-0.2, 0) is 28.9 Å². The van der Waals surface area contributed by atoms with Crippen LogP contribution in [0.3, 0.4) is 0 Å². The minimum absolute atomic E-state index is 0.229. The Morgan fingerprint density at radius 1 is 0.690 bits per heavy atom. The zero-order valence-corrected chi connectivity index (χ0v) is 36.5. The molecule has 0 bridgehead atoms. The number of carbonyl (C=O) groups excluding carboxylic acids is 1. The van der Waals surface area contributed by atoms with Gasteiger partial charge in [-0.1, -0.05) is 153 Å². The lowest BCUT2D eigenvalue weighted by Gasteiger charge is -2.41. The van der Waals surface area contributed by atoms with E-state index in [1.165, 1.54) is 83.1 Å². The molecule has 1 fully saturated rings. The van der Waals surface area contributed by atoms with Crippen molar-refractivity contribution < 1.29 is 57.0 Å². The van der Waals surface area contributed by atoms with Crippen LogP contribution in [0.4, 0.5) is 0 Å². The number of allylic oxidation sites excluding steroid dienone is 5. The quantitative estimate of drug-likeness (QED) is 0.0187. The van der Waals surface area contributed by atoms with E-state index in [9.17, 15) is 38.7 Å². The van der Waals surface area contributed by atoms with E-state index < -0.39 is 78.5 Å². The summed E-state index contributed by atoms with van der Waals surface area (Å²) < 4.78 is 47.4. The molecule has 0 aromatic carbocycles. The van der Waals surface area contributed by atoms with Crippen molar-refractivity contribution in [3.63, 3.8) is 0 Å². The predicted octanol–water partition coefficient (Wildman–Crippen LogP) is 7.30. The molecular weight excluding hydrogens is 767 g/mol. The van der Waals surface area contributed by atoms with Crippen LogP contribution in [0.5, 0.6) is 0 Å². The summed E-state index contributed by atoms with van der Waals surface area (Å²) in [6, 6.07) is -1.14. The van der Waals surface area contributed by atoms with Gasteiger partial charge in [0.25, 0.3) is 0 Å². The Labute approximate surface area is 350 Å². The van der Waals surface area contributed by atoms with Gasteiger partial charge in [0.05, 0.1) is 25.4 Å². The highest BCUT2D eigenvalue weighted by Gasteiger charge is 2.48. The van der Waals surface area contributed by atoms with Crippen LogP contribution in [0.2, 0.25) is 0 Å². The van der Waals surface area contributed by atoms with Crippen LogP contribution < -0.4 is 5.32 Å². The molecule has 7 N–H and O–H groups in total. The maximum atomic E-state index is 13.1. The van der Waals surface area contributed by atoms with E-state index in [-0.39, 0.29) is 6.42 Å². The van der Waals surface area contributed by atoms with E-state index in [0.717, 1.165) is 64.2 Å². The van der Waals surface area contributed by atoms with Crippen molar-refractivity contribution >= 4 is 16.3 Å². The molecule has 8 unspecified atom stereocenters. The third kappa shape index (κ3) is 27.2. The third-order valence-corrected chi connectivity index (χ3v) is 11.0. The van der Waals surface area contributed by atoms with Crippen LogP contribution in [0.15, 0.2) is 36.5 Å². The summed E-state index contributed by atoms with van der Waals surface area (Å²) in [7, 11) is -5.12. The lowest BCUT2D eigenvalue weighted by Crippen LogP contribution is -2.61. The first-order valence-corrected chi connectivity index (χ1v) is 23.8. The second-order valence-corrected chi connectivity index (χ2v) is 16.8. The molecule has 1 rings (SSSR count). The molecule has 1 saturated heterocycles. The van der Waals surface area contributed by atoms with Crippen LogP contribution in [0.25, 0.3) is 0 Å². The number of hydrogen-bond donors (Lipinski definition) is 7. The molecule has 0 aromatic rings. The molecule has 0 radical (unpaired) electrons. The van der Waals surface area contributed by atoms with E-state index in [0.29, 0.717) is 12.8 Å². The van der Waals surface area contributed by atoms with Gasteiger partial charge in [0.1, 0.15) is 30.5 Å². The second-order valence-electron chi connectivity index (χ2n) is 15.8. The molecule has 1 aliphatic rings. The van der Waals surface area contributed by atoms with Crippen molar-refractivity contribution in [2.24, 2.45) is 0 Å². The van der Waals surface area contributed by atoms with Crippen molar-refractivity contribution in [3.8, 4) is 0 Å². The Kier molecular flexibility index (Phi) is 32.7. The van der Waals surface area contributed by atoms with Crippen molar-refractivity contribution in [1.82, 2.24) is 5.32 Å². The van der Waals surface area contributed by atoms with E-state index in [1.54, 1.807) is 6.08 Å². The summed E-state index contributed by atoms with van der Waals surface area (Å²) in [5.41, 5.74) is 0. The number of aliphatic hydroxyl groups is 5. The normalized spacial score (nSPS) is 22.0. The van der Waals surface area contributed by atoms with Gasteiger partial charge in [-0.15, -0.1) is 0 Å². The fraction of sp³-hybridized carbons (Fsp3) is 0.841. The number of aliphatic hydroxyl groups excluding tert-OH is 5. The van der Waals surface area contributed by atoms with E-state index in [1.807, 2.05) is 0 Å². The minimum atomic E-state index is -5.12. The third-order valence-electron chi connectivity index (χ3n) is 10.5. The topological polar surface area (TPSA) is 212 Å². The number of nitrogens with one attached hydrogen (secondary N) is 1. The zero-order valence-electron chi connectivity index (χ0n) is 35.7.